The van der Waals surface area contributed by atoms with Gasteiger partial charge < -0.3 is 9.84 Å². The highest BCUT2D eigenvalue weighted by Gasteiger charge is 2.57. The lowest BCUT2D eigenvalue weighted by Crippen LogP contribution is -2.44. The number of allylic oxidation sites excluding steroid dienone is 2. The Labute approximate surface area is 113 Å². The molecule has 4 heteroatoms. The molecule has 0 unspecified atom stereocenters. The van der Waals surface area contributed by atoms with Gasteiger partial charge in [0.1, 0.15) is 5.78 Å². The second kappa shape index (κ2) is 4.60. The Morgan fingerprint density at radius 3 is 2.68 bits per heavy atom. The normalized spacial score (nSPS) is 39.0. The molecular weight excluding hydrogens is 244 g/mol. The van der Waals surface area contributed by atoms with Gasteiger partial charge in [-0.2, -0.15) is 0 Å². The summed E-state index contributed by atoms with van der Waals surface area (Å²) in [5, 5.41) is 8.69. The van der Waals surface area contributed by atoms with Crippen molar-refractivity contribution >= 4 is 11.8 Å². The van der Waals surface area contributed by atoms with E-state index in [2.05, 4.69) is 6.92 Å². The van der Waals surface area contributed by atoms with Crippen LogP contribution in [-0.4, -0.2) is 29.1 Å². The molecule has 0 radical (unpaired) electrons. The molecule has 2 rings (SSSR count). The molecule has 19 heavy (non-hydrogen) atoms. The summed E-state index contributed by atoms with van der Waals surface area (Å²) in [6.07, 6.45) is 5.99. The number of rotatable bonds is 3. The number of carbonyl (C=O) groups is 2. The minimum absolute atomic E-state index is 0.148. The zero-order chi connectivity index (χ0) is 14.3. The molecule has 2 bridgehead atoms. The number of ether oxygens (including phenoxy) is 1. The molecule has 0 amide bonds. The number of ketones is 1. The average Bonchev–Trinajstić information content (AvgIpc) is 2.38. The van der Waals surface area contributed by atoms with Crippen LogP contribution in [-0.2, 0) is 14.3 Å². The van der Waals surface area contributed by atoms with Crippen molar-refractivity contribution in [2.24, 2.45) is 11.3 Å². The van der Waals surface area contributed by atoms with E-state index in [9.17, 15) is 9.59 Å². The van der Waals surface area contributed by atoms with Crippen LogP contribution < -0.4 is 0 Å². The molecule has 4 nitrogen and oxygen atoms in total. The third-order valence-corrected chi connectivity index (χ3v) is 4.19. The van der Waals surface area contributed by atoms with Crippen LogP contribution in [0.2, 0.25) is 0 Å². The Bertz CT molecular complexity index is 455. The smallest absolute Gasteiger partial charge is 0.328 e. The first-order valence-electron chi connectivity index (χ1n) is 6.50. The highest BCUT2D eigenvalue weighted by Crippen LogP contribution is 2.53. The van der Waals surface area contributed by atoms with E-state index in [4.69, 9.17) is 9.84 Å². The van der Waals surface area contributed by atoms with Crippen molar-refractivity contribution in [2.75, 3.05) is 6.61 Å². The van der Waals surface area contributed by atoms with Gasteiger partial charge in [0, 0.05) is 30.3 Å². The SMILES string of the molecule is CC(C=C[C@@H]1[C@@]2(C)CO[C@@]1(C)CC(=O)C2)=CC(=O)O. The van der Waals surface area contributed by atoms with Gasteiger partial charge in [-0.1, -0.05) is 19.1 Å². The van der Waals surface area contributed by atoms with Crippen LogP contribution in [0.1, 0.15) is 33.6 Å². The van der Waals surface area contributed by atoms with E-state index in [1.807, 2.05) is 19.1 Å². The second-order valence-electron chi connectivity index (χ2n) is 6.21. The first kappa shape index (κ1) is 14.0. The number of aliphatic carboxylic acids is 1. The number of carbonyl (C=O) groups excluding carboxylic acids is 1. The van der Waals surface area contributed by atoms with Crippen LogP contribution in [0.25, 0.3) is 0 Å². The number of Topliss-reactive ketones (excluding diaryl/α,β-unsaturated/α-hetero) is 1. The lowest BCUT2D eigenvalue weighted by Gasteiger charge is -2.39. The minimum atomic E-state index is -0.947. The highest BCUT2D eigenvalue weighted by molar-refractivity contribution is 5.82. The Balaban J connectivity index is 2.23. The molecular formula is C15H20O4. The summed E-state index contributed by atoms with van der Waals surface area (Å²) < 4.78 is 5.86. The molecule has 0 spiro atoms. The van der Waals surface area contributed by atoms with Crippen LogP contribution in [0.3, 0.4) is 0 Å². The van der Waals surface area contributed by atoms with Crippen molar-refractivity contribution in [1.82, 2.24) is 0 Å². The van der Waals surface area contributed by atoms with E-state index < -0.39 is 11.6 Å². The van der Waals surface area contributed by atoms with Gasteiger partial charge in [-0.05, 0) is 19.4 Å². The number of hydrogen-bond donors (Lipinski definition) is 1. The molecule has 1 N–H and O–H groups in total. The standard InChI is InChI=1S/C15H20O4/c1-10(6-13(17)18)4-5-12-14(2)7-11(16)8-15(12,3)19-9-14/h4-6,12H,7-9H2,1-3H3,(H,17,18)/t12-,14-,15+/m1/s1. The zero-order valence-electron chi connectivity index (χ0n) is 11.6. The summed E-state index contributed by atoms with van der Waals surface area (Å²) in [6.45, 7) is 6.39. The summed E-state index contributed by atoms with van der Waals surface area (Å²) in [7, 11) is 0. The van der Waals surface area contributed by atoms with Crippen molar-refractivity contribution in [3.8, 4) is 0 Å². The van der Waals surface area contributed by atoms with Gasteiger partial charge in [0.15, 0.2) is 0 Å². The summed E-state index contributed by atoms with van der Waals surface area (Å²) in [4.78, 5) is 22.4. The minimum Gasteiger partial charge on any atom is -0.478 e. The number of hydrogen-bond acceptors (Lipinski definition) is 3. The quantitative estimate of drug-likeness (QED) is 0.627. The monoisotopic (exact) mass is 264 g/mol. The van der Waals surface area contributed by atoms with Crippen molar-refractivity contribution < 1.29 is 19.4 Å². The van der Waals surface area contributed by atoms with Gasteiger partial charge >= 0.3 is 5.97 Å². The van der Waals surface area contributed by atoms with Gasteiger partial charge in [0.25, 0.3) is 0 Å². The highest BCUT2D eigenvalue weighted by atomic mass is 16.5. The van der Waals surface area contributed by atoms with Crippen LogP contribution >= 0.6 is 0 Å². The molecule has 3 atom stereocenters. The molecule has 1 aliphatic heterocycles. The van der Waals surface area contributed by atoms with E-state index in [-0.39, 0.29) is 17.1 Å². The second-order valence-corrected chi connectivity index (χ2v) is 6.21. The van der Waals surface area contributed by atoms with Crippen molar-refractivity contribution in [1.29, 1.82) is 0 Å². The van der Waals surface area contributed by atoms with E-state index in [0.29, 0.717) is 25.0 Å². The molecule has 1 aliphatic carbocycles. The van der Waals surface area contributed by atoms with E-state index in [0.717, 1.165) is 0 Å². The summed E-state index contributed by atoms with van der Waals surface area (Å²) in [6, 6.07) is 0. The first-order valence-corrected chi connectivity index (χ1v) is 6.50. The molecule has 0 aromatic heterocycles. The maximum atomic E-state index is 11.8. The molecule has 2 aliphatic rings. The van der Waals surface area contributed by atoms with Gasteiger partial charge in [-0.25, -0.2) is 4.79 Å². The van der Waals surface area contributed by atoms with Crippen LogP contribution in [0.15, 0.2) is 23.8 Å². The Morgan fingerprint density at radius 1 is 1.42 bits per heavy atom. The fraction of sp³-hybridized carbons (Fsp3) is 0.600. The topological polar surface area (TPSA) is 63.6 Å². The molecule has 2 fully saturated rings. The summed E-state index contributed by atoms with van der Waals surface area (Å²) >= 11 is 0. The lowest BCUT2D eigenvalue weighted by atomic mass is 9.63. The molecule has 1 saturated heterocycles. The largest absolute Gasteiger partial charge is 0.478 e. The summed E-state index contributed by atoms with van der Waals surface area (Å²) in [5.74, 6) is -0.544. The van der Waals surface area contributed by atoms with Crippen molar-refractivity contribution in [2.45, 2.75) is 39.2 Å². The fourth-order valence-corrected chi connectivity index (χ4v) is 3.40. The molecule has 1 heterocycles. The maximum absolute atomic E-state index is 11.8. The average molecular weight is 264 g/mol. The third-order valence-electron chi connectivity index (χ3n) is 4.19. The van der Waals surface area contributed by atoms with Crippen LogP contribution in [0, 0.1) is 11.3 Å². The third kappa shape index (κ3) is 2.63. The van der Waals surface area contributed by atoms with Gasteiger partial charge in [-0.3, -0.25) is 4.79 Å². The number of carboxylic acids is 1. The molecule has 1 saturated carbocycles. The zero-order valence-corrected chi connectivity index (χ0v) is 11.6. The molecule has 104 valence electrons. The van der Waals surface area contributed by atoms with Crippen LogP contribution in [0.5, 0.6) is 0 Å². The number of carboxylic acid groups (broad SMARTS) is 1. The predicted octanol–water partition coefficient (Wildman–Crippen LogP) is 2.35. The molecule has 0 aromatic carbocycles. The van der Waals surface area contributed by atoms with E-state index >= 15 is 0 Å². The van der Waals surface area contributed by atoms with E-state index in [1.165, 1.54) is 6.08 Å². The number of fused-ring (bicyclic) bond motifs is 2. The van der Waals surface area contributed by atoms with Gasteiger partial charge in [0.2, 0.25) is 0 Å². The lowest BCUT2D eigenvalue weighted by molar-refractivity contribution is -0.131. The molecule has 0 aromatic rings. The van der Waals surface area contributed by atoms with Crippen molar-refractivity contribution in [3.05, 3.63) is 23.8 Å². The van der Waals surface area contributed by atoms with Gasteiger partial charge in [0.05, 0.1) is 12.2 Å². The Kier molecular flexibility index (Phi) is 3.39. The van der Waals surface area contributed by atoms with Gasteiger partial charge in [-0.15, -0.1) is 0 Å². The Hall–Kier alpha value is -1.42. The Morgan fingerprint density at radius 2 is 2.11 bits per heavy atom. The van der Waals surface area contributed by atoms with Crippen LogP contribution in [0.4, 0.5) is 0 Å². The summed E-state index contributed by atoms with van der Waals surface area (Å²) in [5.41, 5.74) is 0.0877. The fourth-order valence-electron chi connectivity index (χ4n) is 3.40. The first-order chi connectivity index (χ1) is 8.75. The predicted molar refractivity (Wildman–Crippen MR) is 70.7 cm³/mol. The van der Waals surface area contributed by atoms with E-state index in [1.54, 1.807) is 6.92 Å². The van der Waals surface area contributed by atoms with Crippen molar-refractivity contribution in [3.63, 3.8) is 0 Å². The maximum Gasteiger partial charge on any atom is 0.328 e.